The summed E-state index contributed by atoms with van der Waals surface area (Å²) in [6, 6.07) is 7.61. The lowest BCUT2D eigenvalue weighted by Gasteiger charge is -2.34. The van der Waals surface area contributed by atoms with Crippen molar-refractivity contribution in [2.24, 2.45) is 10.9 Å². The molecule has 0 saturated carbocycles. The molecule has 2 rings (SSSR count). The summed E-state index contributed by atoms with van der Waals surface area (Å²) in [4.78, 5) is 28.6. The van der Waals surface area contributed by atoms with E-state index < -0.39 is 11.5 Å². The number of carbonyl (C=O) groups is 1. The normalized spacial score (nSPS) is 21.9. The first-order chi connectivity index (χ1) is 11.3. The van der Waals surface area contributed by atoms with Crippen LogP contribution in [-0.2, 0) is 4.79 Å². The number of thioether (sulfide) groups is 2. The Morgan fingerprint density at radius 1 is 1.33 bits per heavy atom. The largest absolute Gasteiger partial charge is 0.284 e. The molecule has 1 aliphatic rings. The molecule has 7 heteroatoms. The highest BCUT2D eigenvalue weighted by atomic mass is 32.2. The summed E-state index contributed by atoms with van der Waals surface area (Å²) in [5.74, 6) is 0.124. The molecule has 0 fully saturated rings. The van der Waals surface area contributed by atoms with Gasteiger partial charge in [0.1, 0.15) is 9.91 Å². The van der Waals surface area contributed by atoms with Crippen molar-refractivity contribution in [1.29, 1.82) is 0 Å². The van der Waals surface area contributed by atoms with Crippen LogP contribution in [0.25, 0.3) is 0 Å². The molecule has 0 radical (unpaired) electrons. The lowest BCUT2D eigenvalue weighted by atomic mass is 9.73. The van der Waals surface area contributed by atoms with Gasteiger partial charge in [-0.2, -0.15) is 0 Å². The molecular formula is C17H22N2O3S2. The zero-order valence-corrected chi connectivity index (χ0v) is 15.9. The standard InChI is InChI=1S/C17H22N2O3S2/c1-5-23-16-18-17(11(2)3,15(20)24-16)14(10-19(21)22)13-8-6-12(4)7-9-13/h6-9,11,14H,5,10H2,1-4H3/t14-,17+/m1/s1. The van der Waals surface area contributed by atoms with Crippen LogP contribution >= 0.6 is 23.5 Å². The number of carbonyl (C=O) groups excluding carboxylic acids is 1. The summed E-state index contributed by atoms with van der Waals surface area (Å²) in [6.45, 7) is 7.50. The molecule has 2 atom stereocenters. The average Bonchev–Trinajstić information content (AvgIpc) is 2.83. The van der Waals surface area contributed by atoms with Crippen molar-refractivity contribution in [3.8, 4) is 0 Å². The first kappa shape index (κ1) is 19.0. The Labute approximate surface area is 150 Å². The van der Waals surface area contributed by atoms with Crippen LogP contribution < -0.4 is 0 Å². The van der Waals surface area contributed by atoms with E-state index in [0.717, 1.165) is 33.0 Å². The number of hydrogen-bond acceptors (Lipinski definition) is 6. The zero-order valence-electron chi connectivity index (χ0n) is 14.3. The molecule has 0 aliphatic carbocycles. The molecule has 130 valence electrons. The highest BCUT2D eigenvalue weighted by Crippen LogP contribution is 2.47. The fourth-order valence-corrected chi connectivity index (χ4v) is 5.22. The van der Waals surface area contributed by atoms with E-state index in [-0.39, 0.29) is 22.5 Å². The van der Waals surface area contributed by atoms with Gasteiger partial charge < -0.3 is 0 Å². The number of nitro groups is 1. The molecule has 24 heavy (non-hydrogen) atoms. The molecule has 1 aromatic rings. The Hall–Kier alpha value is -1.34. The van der Waals surface area contributed by atoms with Gasteiger partial charge in [-0.3, -0.25) is 19.9 Å². The van der Waals surface area contributed by atoms with Gasteiger partial charge in [0.25, 0.3) is 0 Å². The van der Waals surface area contributed by atoms with E-state index in [1.165, 1.54) is 11.8 Å². The van der Waals surface area contributed by atoms with Crippen molar-refractivity contribution in [3.63, 3.8) is 0 Å². The van der Waals surface area contributed by atoms with Gasteiger partial charge in [0, 0.05) is 4.92 Å². The molecule has 0 amide bonds. The molecule has 1 aliphatic heterocycles. The van der Waals surface area contributed by atoms with Crippen LogP contribution in [0.2, 0.25) is 0 Å². The number of hydrogen-bond donors (Lipinski definition) is 0. The predicted octanol–water partition coefficient (Wildman–Crippen LogP) is 4.13. The van der Waals surface area contributed by atoms with Crippen molar-refractivity contribution >= 4 is 33.0 Å². The summed E-state index contributed by atoms with van der Waals surface area (Å²) in [5, 5.41) is 11.2. The minimum atomic E-state index is -1.08. The maximum absolute atomic E-state index is 12.9. The van der Waals surface area contributed by atoms with Crippen molar-refractivity contribution in [2.45, 2.75) is 39.2 Å². The first-order valence-corrected chi connectivity index (χ1v) is 9.74. The lowest BCUT2D eigenvalue weighted by Crippen LogP contribution is -2.46. The molecule has 0 spiro atoms. The van der Waals surface area contributed by atoms with Gasteiger partial charge in [-0.25, -0.2) is 0 Å². The number of rotatable bonds is 6. The lowest BCUT2D eigenvalue weighted by molar-refractivity contribution is -0.484. The Morgan fingerprint density at radius 3 is 2.46 bits per heavy atom. The summed E-state index contributed by atoms with van der Waals surface area (Å²) in [7, 11) is 0. The van der Waals surface area contributed by atoms with E-state index in [1.807, 2.05) is 52.0 Å². The molecule has 1 heterocycles. The summed E-state index contributed by atoms with van der Waals surface area (Å²) >= 11 is 2.65. The molecule has 0 N–H and O–H groups in total. The third-order valence-electron chi connectivity index (χ3n) is 4.27. The van der Waals surface area contributed by atoms with Gasteiger partial charge in [0.05, 0.1) is 5.92 Å². The Morgan fingerprint density at radius 2 is 1.96 bits per heavy atom. The van der Waals surface area contributed by atoms with Crippen LogP contribution in [0.5, 0.6) is 0 Å². The van der Waals surface area contributed by atoms with Crippen LogP contribution in [0.15, 0.2) is 29.3 Å². The summed E-state index contributed by atoms with van der Waals surface area (Å²) < 4.78 is 0.719. The third kappa shape index (κ3) is 3.67. The fourth-order valence-electron chi connectivity index (χ4n) is 3.00. The van der Waals surface area contributed by atoms with Gasteiger partial charge in [0.15, 0.2) is 0 Å². The zero-order chi connectivity index (χ0) is 17.9. The van der Waals surface area contributed by atoms with Gasteiger partial charge in [-0.1, -0.05) is 62.4 Å². The Kier molecular flexibility index (Phi) is 6.09. The van der Waals surface area contributed by atoms with Gasteiger partial charge in [-0.05, 0) is 35.9 Å². The molecule has 0 unspecified atom stereocenters. The molecule has 0 saturated heterocycles. The smallest absolute Gasteiger partial charge is 0.224 e. The molecular weight excluding hydrogens is 344 g/mol. The maximum Gasteiger partial charge on any atom is 0.224 e. The van der Waals surface area contributed by atoms with E-state index >= 15 is 0 Å². The highest BCUT2D eigenvalue weighted by molar-refractivity contribution is 8.45. The molecule has 0 aromatic heterocycles. The maximum atomic E-state index is 12.9. The van der Waals surface area contributed by atoms with Crippen LogP contribution in [0, 0.1) is 23.0 Å². The third-order valence-corrected chi connectivity index (χ3v) is 6.28. The van der Waals surface area contributed by atoms with Crippen LogP contribution in [0.4, 0.5) is 0 Å². The number of nitrogens with zero attached hydrogens (tertiary/aromatic N) is 2. The van der Waals surface area contributed by atoms with E-state index in [4.69, 9.17) is 4.99 Å². The van der Waals surface area contributed by atoms with Crippen LogP contribution in [0.1, 0.15) is 37.8 Å². The number of benzene rings is 1. The van der Waals surface area contributed by atoms with Crippen molar-refractivity contribution in [2.75, 3.05) is 12.3 Å². The van der Waals surface area contributed by atoms with E-state index in [9.17, 15) is 14.9 Å². The highest BCUT2D eigenvalue weighted by Gasteiger charge is 2.54. The van der Waals surface area contributed by atoms with Crippen molar-refractivity contribution in [1.82, 2.24) is 0 Å². The number of aliphatic imine (C=N–C) groups is 1. The van der Waals surface area contributed by atoms with Gasteiger partial charge in [-0.15, -0.1) is 0 Å². The second-order valence-electron chi connectivity index (χ2n) is 6.16. The molecule has 1 aromatic carbocycles. The Balaban J connectivity index is 2.56. The Bertz CT molecular complexity index is 658. The second kappa shape index (κ2) is 7.70. The van der Waals surface area contributed by atoms with Crippen LogP contribution in [-0.4, -0.2) is 32.3 Å². The van der Waals surface area contributed by atoms with Crippen LogP contribution in [0.3, 0.4) is 0 Å². The first-order valence-electron chi connectivity index (χ1n) is 7.94. The summed E-state index contributed by atoms with van der Waals surface area (Å²) in [6.07, 6.45) is 0. The molecule has 0 bridgehead atoms. The van der Waals surface area contributed by atoms with Gasteiger partial charge in [0.2, 0.25) is 11.7 Å². The molecule has 5 nitrogen and oxygen atoms in total. The predicted molar refractivity (Wildman–Crippen MR) is 102 cm³/mol. The van der Waals surface area contributed by atoms with E-state index in [0.29, 0.717) is 0 Å². The summed E-state index contributed by atoms with van der Waals surface area (Å²) in [5.41, 5.74) is 0.798. The van der Waals surface area contributed by atoms with Crippen molar-refractivity contribution < 1.29 is 9.72 Å². The van der Waals surface area contributed by atoms with E-state index in [1.54, 1.807) is 0 Å². The minimum absolute atomic E-state index is 0.0825. The monoisotopic (exact) mass is 366 g/mol. The SMILES string of the molecule is CCSC1=N[C@@](C(C)C)([C@H](C[N+](=O)[O-])c2ccc(C)cc2)C(=O)S1. The second-order valence-corrected chi connectivity index (χ2v) is 8.63. The average molecular weight is 367 g/mol. The van der Waals surface area contributed by atoms with E-state index in [2.05, 4.69) is 0 Å². The van der Waals surface area contributed by atoms with Crippen molar-refractivity contribution in [3.05, 3.63) is 45.5 Å². The fraction of sp³-hybridized carbons (Fsp3) is 0.529. The topological polar surface area (TPSA) is 72.6 Å². The quantitative estimate of drug-likeness (QED) is 0.559. The number of aryl methyl sites for hydroxylation is 1. The minimum Gasteiger partial charge on any atom is -0.284 e. The van der Waals surface area contributed by atoms with Gasteiger partial charge >= 0.3 is 0 Å².